The van der Waals surface area contributed by atoms with Gasteiger partial charge in [-0.1, -0.05) is 29.3 Å². The van der Waals surface area contributed by atoms with E-state index in [1.54, 1.807) is 6.92 Å². The molecule has 3 rings (SSSR count). The molecule has 6 heteroatoms. The number of hydrogen-bond donors (Lipinski definition) is 2. The third kappa shape index (κ3) is 3.56. The van der Waals surface area contributed by atoms with Gasteiger partial charge < -0.3 is 15.0 Å². The number of nitrogens with one attached hydrogen (secondary N) is 2. The topological polar surface area (TPSA) is 71.2 Å². The summed E-state index contributed by atoms with van der Waals surface area (Å²) in [7, 11) is 0. The van der Waals surface area contributed by atoms with Crippen LogP contribution in [0, 0.1) is 6.92 Å². The molecular weight excluding hydrogens is 396 g/mol. The lowest BCUT2D eigenvalue weighted by Crippen LogP contribution is -2.33. The summed E-state index contributed by atoms with van der Waals surface area (Å²) in [6, 6.07) is 5.69. The van der Waals surface area contributed by atoms with Crippen molar-refractivity contribution < 1.29 is 14.3 Å². The zero-order valence-corrected chi connectivity index (χ0v) is 16.8. The van der Waals surface area contributed by atoms with Crippen LogP contribution in [0.1, 0.15) is 70.4 Å². The summed E-state index contributed by atoms with van der Waals surface area (Å²) >= 11 is 3.48. The summed E-state index contributed by atoms with van der Waals surface area (Å²) in [5.74, 6) is 0.606. The van der Waals surface area contributed by atoms with Crippen LogP contribution in [0.15, 0.2) is 22.7 Å². The Kier molecular flexibility index (Phi) is 5.51. The number of benzene rings is 1. The van der Waals surface area contributed by atoms with Gasteiger partial charge >= 0.3 is 0 Å². The van der Waals surface area contributed by atoms with Crippen LogP contribution in [0.3, 0.4) is 0 Å². The number of carbonyl (C=O) groups excluding carboxylic acids is 2. The lowest BCUT2D eigenvalue weighted by molar-refractivity contribution is 0.0919. The summed E-state index contributed by atoms with van der Waals surface area (Å²) in [5, 5.41) is 3.11. The van der Waals surface area contributed by atoms with E-state index in [0.717, 1.165) is 33.5 Å². The summed E-state index contributed by atoms with van der Waals surface area (Å²) < 4.78 is 6.63. The molecule has 0 saturated heterocycles. The van der Waals surface area contributed by atoms with E-state index in [1.807, 2.05) is 32.0 Å². The summed E-state index contributed by atoms with van der Waals surface area (Å²) in [6.45, 7) is 5.99. The lowest BCUT2D eigenvalue weighted by atomic mass is 9.99. The van der Waals surface area contributed by atoms with Crippen LogP contribution in [-0.2, 0) is 6.42 Å². The van der Waals surface area contributed by atoms with E-state index in [9.17, 15) is 9.59 Å². The Morgan fingerprint density at radius 2 is 2.15 bits per heavy atom. The fourth-order valence-electron chi connectivity index (χ4n) is 3.59. The molecule has 1 unspecified atom stereocenters. The molecule has 2 aromatic rings. The molecule has 1 amide bonds. The van der Waals surface area contributed by atoms with Crippen LogP contribution in [0.25, 0.3) is 0 Å². The summed E-state index contributed by atoms with van der Waals surface area (Å²) in [6.07, 6.45) is 2.26. The number of amides is 1. The number of hydrogen-bond acceptors (Lipinski definition) is 3. The van der Waals surface area contributed by atoms with E-state index in [-0.39, 0.29) is 17.7 Å². The van der Waals surface area contributed by atoms with Crippen LogP contribution < -0.4 is 10.1 Å². The van der Waals surface area contributed by atoms with E-state index < -0.39 is 0 Å². The number of aromatic amines is 1. The van der Waals surface area contributed by atoms with Crippen LogP contribution >= 0.6 is 15.9 Å². The van der Waals surface area contributed by atoms with Gasteiger partial charge in [0.2, 0.25) is 0 Å². The zero-order valence-electron chi connectivity index (χ0n) is 15.2. The van der Waals surface area contributed by atoms with Crippen molar-refractivity contribution >= 4 is 27.6 Å². The largest absolute Gasteiger partial charge is 0.493 e. The first kappa shape index (κ1) is 18.7. The molecule has 2 heterocycles. The van der Waals surface area contributed by atoms with Crippen LogP contribution in [0.5, 0.6) is 5.75 Å². The molecule has 1 aliphatic rings. The third-order valence-corrected chi connectivity index (χ3v) is 5.18. The molecule has 1 aliphatic heterocycles. The maximum Gasteiger partial charge on any atom is 0.268 e. The first-order chi connectivity index (χ1) is 12.4. The molecule has 138 valence electrons. The maximum absolute atomic E-state index is 13.0. The Balaban J connectivity index is 1.91. The van der Waals surface area contributed by atoms with Crippen molar-refractivity contribution in [1.29, 1.82) is 0 Å². The molecule has 0 aliphatic carbocycles. The number of rotatable bonds is 5. The van der Waals surface area contributed by atoms with Gasteiger partial charge in [-0.15, -0.1) is 0 Å². The van der Waals surface area contributed by atoms with Crippen molar-refractivity contribution in [3.05, 3.63) is 50.8 Å². The second-order valence-electron chi connectivity index (χ2n) is 6.63. The van der Waals surface area contributed by atoms with Gasteiger partial charge in [-0.25, -0.2) is 0 Å². The average Bonchev–Trinajstić information content (AvgIpc) is 2.92. The quantitative estimate of drug-likeness (QED) is 0.702. The first-order valence-corrected chi connectivity index (χ1v) is 9.67. The number of fused-ring (bicyclic) bond motifs is 1. The van der Waals surface area contributed by atoms with Gasteiger partial charge in [-0.2, -0.15) is 0 Å². The highest BCUT2D eigenvalue weighted by molar-refractivity contribution is 9.10. The average molecular weight is 419 g/mol. The molecule has 0 bridgehead atoms. The summed E-state index contributed by atoms with van der Waals surface area (Å²) in [5.41, 5.74) is 3.67. The number of Topliss-reactive ketones (excluding diaryl/α,β-unsaturated/α-hetero) is 1. The van der Waals surface area contributed by atoms with E-state index in [2.05, 4.69) is 26.2 Å². The molecule has 5 nitrogen and oxygen atoms in total. The third-order valence-electron chi connectivity index (χ3n) is 4.69. The van der Waals surface area contributed by atoms with Gasteiger partial charge in [0.05, 0.1) is 12.6 Å². The molecule has 0 fully saturated rings. The van der Waals surface area contributed by atoms with Gasteiger partial charge in [-0.05, 0) is 44.0 Å². The molecule has 0 spiro atoms. The van der Waals surface area contributed by atoms with Crippen molar-refractivity contribution in [3.8, 4) is 5.75 Å². The molecule has 1 aromatic carbocycles. The van der Waals surface area contributed by atoms with E-state index >= 15 is 0 Å². The highest BCUT2D eigenvalue weighted by atomic mass is 79.9. The number of ketones is 1. The minimum Gasteiger partial charge on any atom is -0.493 e. The van der Waals surface area contributed by atoms with Crippen LogP contribution in [0.4, 0.5) is 0 Å². The van der Waals surface area contributed by atoms with Crippen molar-refractivity contribution in [1.82, 2.24) is 10.3 Å². The van der Waals surface area contributed by atoms with Crippen molar-refractivity contribution in [2.45, 2.75) is 46.1 Å². The van der Waals surface area contributed by atoms with E-state index in [4.69, 9.17) is 4.74 Å². The van der Waals surface area contributed by atoms with E-state index in [0.29, 0.717) is 30.7 Å². The number of aryl methyl sites for hydroxylation is 1. The molecule has 0 radical (unpaired) electrons. The Bertz CT molecular complexity index is 857. The molecular formula is C20H23BrN2O3. The van der Waals surface area contributed by atoms with Gasteiger partial charge in [0.1, 0.15) is 11.4 Å². The van der Waals surface area contributed by atoms with Crippen molar-refractivity contribution in [3.63, 3.8) is 0 Å². The van der Waals surface area contributed by atoms with Gasteiger partial charge in [0.15, 0.2) is 5.78 Å². The van der Waals surface area contributed by atoms with Gasteiger partial charge in [-0.3, -0.25) is 9.59 Å². The number of halogens is 1. The van der Waals surface area contributed by atoms with Crippen molar-refractivity contribution in [2.75, 3.05) is 6.61 Å². The standard InChI is InChI=1S/C20H23BrN2O3/c1-4-5-14-18(12(3)24)11(2)22-19(14)20(25)23-16-8-9-26-17-7-6-13(21)10-15(16)17/h6-7,10,16,22H,4-5,8-9H2,1-3H3,(H,23,25). The molecule has 1 aromatic heterocycles. The SMILES string of the molecule is CCCc1c(C(=O)NC2CCOc3ccc(Br)cc32)[nH]c(C)c1C(C)=O. The van der Waals surface area contributed by atoms with Crippen LogP contribution in [0.2, 0.25) is 0 Å². The Labute approximate surface area is 161 Å². The predicted molar refractivity (Wildman–Crippen MR) is 104 cm³/mol. The first-order valence-electron chi connectivity index (χ1n) is 8.87. The molecule has 0 saturated carbocycles. The predicted octanol–water partition coefficient (Wildman–Crippen LogP) is 4.49. The zero-order chi connectivity index (χ0) is 18.8. The number of H-pyrrole nitrogens is 1. The number of carbonyl (C=O) groups is 2. The Hall–Kier alpha value is -2.08. The van der Waals surface area contributed by atoms with Crippen LogP contribution in [-0.4, -0.2) is 23.3 Å². The lowest BCUT2D eigenvalue weighted by Gasteiger charge is -2.27. The molecule has 2 N–H and O–H groups in total. The monoisotopic (exact) mass is 418 g/mol. The normalized spacial score (nSPS) is 15.9. The summed E-state index contributed by atoms with van der Waals surface area (Å²) in [4.78, 5) is 28.1. The second kappa shape index (κ2) is 7.66. The number of ether oxygens (including phenoxy) is 1. The maximum atomic E-state index is 13.0. The minimum atomic E-state index is -0.179. The minimum absolute atomic E-state index is 0.0124. The molecule has 1 atom stereocenters. The number of aromatic nitrogens is 1. The highest BCUT2D eigenvalue weighted by Gasteiger charge is 2.27. The molecule has 26 heavy (non-hydrogen) atoms. The van der Waals surface area contributed by atoms with Gasteiger partial charge in [0.25, 0.3) is 5.91 Å². The van der Waals surface area contributed by atoms with E-state index in [1.165, 1.54) is 0 Å². The highest BCUT2D eigenvalue weighted by Crippen LogP contribution is 2.34. The second-order valence-corrected chi connectivity index (χ2v) is 7.55. The fraction of sp³-hybridized carbons (Fsp3) is 0.400. The Morgan fingerprint density at radius 3 is 2.85 bits per heavy atom. The Morgan fingerprint density at radius 1 is 1.38 bits per heavy atom. The smallest absolute Gasteiger partial charge is 0.268 e. The fourth-order valence-corrected chi connectivity index (χ4v) is 3.97. The van der Waals surface area contributed by atoms with Crippen molar-refractivity contribution in [2.24, 2.45) is 0 Å². The van der Waals surface area contributed by atoms with Gasteiger partial charge in [0, 0.05) is 27.7 Å².